The Morgan fingerprint density at radius 3 is 2.64 bits per heavy atom. The molecule has 0 fully saturated rings. The third-order valence-corrected chi connectivity index (χ3v) is 3.09. The van der Waals surface area contributed by atoms with Gasteiger partial charge in [0.05, 0.1) is 18.0 Å². The van der Waals surface area contributed by atoms with Crippen LogP contribution in [0.4, 0.5) is 11.4 Å². The van der Waals surface area contributed by atoms with Crippen molar-refractivity contribution in [1.29, 1.82) is 0 Å². The molecule has 0 aliphatic rings. The molecule has 6 nitrogen and oxygen atoms in total. The lowest BCUT2D eigenvalue weighted by atomic mass is 10.2. The number of nitro groups is 1. The molecule has 1 amide bonds. The predicted molar refractivity (Wildman–Crippen MR) is 83.3 cm³/mol. The summed E-state index contributed by atoms with van der Waals surface area (Å²) in [6.45, 7) is 0.214. The lowest BCUT2D eigenvalue weighted by Crippen LogP contribution is -2.15. The van der Waals surface area contributed by atoms with E-state index in [9.17, 15) is 14.9 Å². The van der Waals surface area contributed by atoms with Crippen LogP contribution in [0, 0.1) is 10.1 Å². The molecule has 2 aromatic carbocycles. The summed E-state index contributed by atoms with van der Waals surface area (Å²) in [6.07, 6.45) is 0.130. The minimum atomic E-state index is -0.601. The summed E-state index contributed by atoms with van der Waals surface area (Å²) in [5, 5.41) is 13.4. The zero-order valence-electron chi connectivity index (χ0n) is 11.5. The summed E-state index contributed by atoms with van der Waals surface area (Å²) >= 11 is 5.70. The Bertz CT molecular complexity index is 676. The van der Waals surface area contributed by atoms with E-state index in [0.717, 1.165) is 0 Å². The Morgan fingerprint density at radius 1 is 1.23 bits per heavy atom. The van der Waals surface area contributed by atoms with Crippen LogP contribution in [-0.4, -0.2) is 17.4 Å². The van der Waals surface area contributed by atoms with E-state index in [0.29, 0.717) is 11.4 Å². The van der Waals surface area contributed by atoms with Gasteiger partial charge in [-0.15, -0.1) is 0 Å². The highest BCUT2D eigenvalue weighted by molar-refractivity contribution is 6.32. The summed E-state index contributed by atoms with van der Waals surface area (Å²) in [5.41, 5.74) is 0.0702. The molecule has 0 bridgehead atoms. The van der Waals surface area contributed by atoms with Crippen molar-refractivity contribution >= 4 is 28.9 Å². The van der Waals surface area contributed by atoms with E-state index >= 15 is 0 Å². The maximum absolute atomic E-state index is 11.8. The zero-order valence-corrected chi connectivity index (χ0v) is 12.2. The van der Waals surface area contributed by atoms with E-state index in [2.05, 4.69) is 5.32 Å². The fourth-order valence-electron chi connectivity index (χ4n) is 1.73. The Hall–Kier alpha value is -2.60. The molecule has 0 unspecified atom stereocenters. The van der Waals surface area contributed by atoms with Gasteiger partial charge in [-0.05, 0) is 24.3 Å². The smallest absolute Gasteiger partial charge is 0.289 e. The number of rotatable bonds is 6. The number of halogens is 1. The molecule has 0 saturated heterocycles. The lowest BCUT2D eigenvalue weighted by molar-refractivity contribution is -0.384. The van der Waals surface area contributed by atoms with E-state index in [-0.39, 0.29) is 29.6 Å². The van der Waals surface area contributed by atoms with Gasteiger partial charge in [0.25, 0.3) is 5.69 Å². The van der Waals surface area contributed by atoms with Gasteiger partial charge >= 0.3 is 0 Å². The van der Waals surface area contributed by atoms with Crippen molar-refractivity contribution in [1.82, 2.24) is 0 Å². The fraction of sp³-hybridized carbons (Fsp3) is 0.133. The summed E-state index contributed by atoms with van der Waals surface area (Å²) in [6, 6.07) is 13.2. The zero-order chi connectivity index (χ0) is 15.9. The molecule has 2 aromatic rings. The van der Waals surface area contributed by atoms with Crippen molar-refractivity contribution in [2.24, 2.45) is 0 Å². The number of amides is 1. The molecule has 0 saturated carbocycles. The summed E-state index contributed by atoms with van der Waals surface area (Å²) in [5.74, 6) is 0.380. The third-order valence-electron chi connectivity index (χ3n) is 2.77. The Kier molecular flexibility index (Phi) is 5.32. The van der Waals surface area contributed by atoms with Crippen molar-refractivity contribution in [3.63, 3.8) is 0 Å². The van der Waals surface area contributed by atoms with Crippen molar-refractivity contribution in [3.8, 4) is 5.75 Å². The van der Waals surface area contributed by atoms with Crippen LogP contribution in [0.3, 0.4) is 0 Å². The van der Waals surface area contributed by atoms with Crippen LogP contribution in [0.15, 0.2) is 48.5 Å². The first-order valence-corrected chi connectivity index (χ1v) is 6.85. The van der Waals surface area contributed by atoms with Gasteiger partial charge in [-0.2, -0.15) is 0 Å². The molecule has 0 radical (unpaired) electrons. The highest BCUT2D eigenvalue weighted by Gasteiger charge is 2.13. The summed E-state index contributed by atoms with van der Waals surface area (Å²) < 4.78 is 5.41. The van der Waals surface area contributed by atoms with Gasteiger partial charge in [0, 0.05) is 11.8 Å². The third kappa shape index (κ3) is 4.46. The van der Waals surface area contributed by atoms with Gasteiger partial charge in [0.15, 0.2) is 0 Å². The fourth-order valence-corrected chi connectivity index (χ4v) is 1.92. The number of carbonyl (C=O) groups excluding carboxylic acids is 1. The van der Waals surface area contributed by atoms with Gasteiger partial charge in [0.1, 0.15) is 10.8 Å². The Labute approximate surface area is 131 Å². The minimum Gasteiger partial charge on any atom is -0.493 e. The van der Waals surface area contributed by atoms with Crippen LogP contribution >= 0.6 is 11.6 Å². The molecule has 7 heteroatoms. The van der Waals surface area contributed by atoms with Crippen molar-refractivity contribution < 1.29 is 14.5 Å². The van der Waals surface area contributed by atoms with Gasteiger partial charge in [-0.1, -0.05) is 29.8 Å². The number of ether oxygens (including phenoxy) is 1. The highest BCUT2D eigenvalue weighted by atomic mass is 35.5. The number of anilines is 1. The molecule has 0 aliphatic carbocycles. The normalized spacial score (nSPS) is 10.0. The Morgan fingerprint density at radius 2 is 1.95 bits per heavy atom. The highest BCUT2D eigenvalue weighted by Crippen LogP contribution is 2.27. The van der Waals surface area contributed by atoms with Gasteiger partial charge in [-0.3, -0.25) is 14.9 Å². The topological polar surface area (TPSA) is 81.5 Å². The van der Waals surface area contributed by atoms with Crippen LogP contribution in [0.1, 0.15) is 6.42 Å². The van der Waals surface area contributed by atoms with Crippen molar-refractivity contribution in [2.75, 3.05) is 11.9 Å². The van der Waals surface area contributed by atoms with Gasteiger partial charge < -0.3 is 10.1 Å². The first kappa shape index (κ1) is 15.8. The van der Waals surface area contributed by atoms with Gasteiger partial charge in [-0.25, -0.2) is 0 Å². The number of hydrogen-bond donors (Lipinski definition) is 1. The molecule has 0 spiro atoms. The van der Waals surface area contributed by atoms with E-state index in [1.165, 1.54) is 18.2 Å². The molecule has 22 heavy (non-hydrogen) atoms. The molecule has 2 rings (SSSR count). The molecule has 0 aliphatic heterocycles. The SMILES string of the molecule is O=C(CCOc1ccccc1)Nc1ccc(Cl)c([N+](=O)[O-])c1. The quantitative estimate of drug-likeness (QED) is 0.650. The van der Waals surface area contributed by atoms with E-state index in [4.69, 9.17) is 16.3 Å². The maximum Gasteiger partial charge on any atom is 0.289 e. The standard InChI is InChI=1S/C15H13ClN2O4/c16-13-7-6-11(10-14(13)18(20)21)17-15(19)8-9-22-12-4-2-1-3-5-12/h1-7,10H,8-9H2,(H,17,19). The maximum atomic E-state index is 11.8. The molecule has 0 atom stereocenters. The lowest BCUT2D eigenvalue weighted by Gasteiger charge is -2.07. The monoisotopic (exact) mass is 320 g/mol. The minimum absolute atomic E-state index is 0.0235. The van der Waals surface area contributed by atoms with Gasteiger partial charge in [0.2, 0.25) is 5.91 Å². The van der Waals surface area contributed by atoms with Crippen LogP contribution in [0.25, 0.3) is 0 Å². The van der Waals surface area contributed by atoms with E-state index in [1.54, 1.807) is 12.1 Å². The number of nitro benzene ring substituents is 1. The second-order valence-corrected chi connectivity index (χ2v) is 4.79. The molecular weight excluding hydrogens is 308 g/mol. The summed E-state index contributed by atoms with van der Waals surface area (Å²) in [4.78, 5) is 22.0. The van der Waals surface area contributed by atoms with E-state index < -0.39 is 4.92 Å². The number of nitrogens with one attached hydrogen (secondary N) is 1. The second kappa shape index (κ2) is 7.42. The van der Waals surface area contributed by atoms with Crippen LogP contribution in [-0.2, 0) is 4.79 Å². The molecule has 0 aromatic heterocycles. The van der Waals surface area contributed by atoms with Crippen LogP contribution in [0.5, 0.6) is 5.75 Å². The van der Waals surface area contributed by atoms with E-state index in [1.807, 2.05) is 18.2 Å². The molecule has 1 N–H and O–H groups in total. The van der Waals surface area contributed by atoms with Crippen LogP contribution < -0.4 is 10.1 Å². The average Bonchev–Trinajstić information content (AvgIpc) is 2.50. The first-order chi connectivity index (χ1) is 10.6. The summed E-state index contributed by atoms with van der Waals surface area (Å²) in [7, 11) is 0. The van der Waals surface area contributed by atoms with Crippen molar-refractivity contribution in [2.45, 2.75) is 6.42 Å². The van der Waals surface area contributed by atoms with Crippen LogP contribution in [0.2, 0.25) is 5.02 Å². The molecular formula is C15H13ClN2O4. The number of nitrogens with zero attached hydrogens (tertiary/aromatic N) is 1. The Balaban J connectivity index is 1.87. The number of carbonyl (C=O) groups is 1. The molecule has 114 valence electrons. The predicted octanol–water partition coefficient (Wildman–Crippen LogP) is 3.66. The number of benzene rings is 2. The molecule has 0 heterocycles. The van der Waals surface area contributed by atoms with Crippen molar-refractivity contribution in [3.05, 3.63) is 63.7 Å². The average molecular weight is 321 g/mol. The number of hydrogen-bond acceptors (Lipinski definition) is 4. The first-order valence-electron chi connectivity index (χ1n) is 6.48. The second-order valence-electron chi connectivity index (χ2n) is 4.38. The largest absolute Gasteiger partial charge is 0.493 e. The number of para-hydroxylation sites is 1.